The highest BCUT2D eigenvalue weighted by molar-refractivity contribution is 6.06. The fourth-order valence-corrected chi connectivity index (χ4v) is 3.30. The Balaban J connectivity index is 1.37. The molecule has 0 aliphatic heterocycles. The summed E-state index contributed by atoms with van der Waals surface area (Å²) in [5.41, 5.74) is 2.34. The number of ether oxygens (including phenoxy) is 1. The first kappa shape index (κ1) is 22.8. The Morgan fingerprint density at radius 2 is 0.943 bits per heavy atom. The van der Waals surface area contributed by atoms with Gasteiger partial charge < -0.3 is 15.4 Å². The standard InChI is InChI=1S/C28H18N4O3/c29-17-19-5-1-3-7-25(19)27(33)31-21-9-13-23(14-10-21)35-24-15-11-22(12-16-24)32-28(34)26-8-4-2-6-20(26)18-30/h1-16H,(H,31,33)(H,32,34). The molecule has 0 fully saturated rings. The summed E-state index contributed by atoms with van der Waals surface area (Å²) in [6.45, 7) is 0. The molecule has 0 bridgehead atoms. The van der Waals surface area contributed by atoms with Crippen LogP contribution < -0.4 is 15.4 Å². The predicted molar refractivity (Wildman–Crippen MR) is 131 cm³/mol. The monoisotopic (exact) mass is 458 g/mol. The van der Waals surface area contributed by atoms with Crippen LogP contribution >= 0.6 is 0 Å². The van der Waals surface area contributed by atoms with Crippen LogP contribution in [0.3, 0.4) is 0 Å². The van der Waals surface area contributed by atoms with Crippen LogP contribution in [0.1, 0.15) is 31.8 Å². The summed E-state index contributed by atoms with van der Waals surface area (Å²) in [6, 6.07) is 30.8. The summed E-state index contributed by atoms with van der Waals surface area (Å²) in [7, 11) is 0. The van der Waals surface area contributed by atoms with Gasteiger partial charge in [0.2, 0.25) is 0 Å². The summed E-state index contributed by atoms with van der Waals surface area (Å²) >= 11 is 0. The van der Waals surface area contributed by atoms with Crippen molar-refractivity contribution >= 4 is 23.2 Å². The first-order chi connectivity index (χ1) is 17.1. The number of amides is 2. The van der Waals surface area contributed by atoms with Crippen LogP contribution in [0.5, 0.6) is 11.5 Å². The molecule has 0 heterocycles. The third-order valence-corrected chi connectivity index (χ3v) is 5.04. The number of nitrogens with zero attached hydrogens (tertiary/aromatic N) is 2. The molecule has 4 rings (SSSR count). The number of carbonyl (C=O) groups excluding carboxylic acids is 2. The molecule has 7 heteroatoms. The zero-order valence-corrected chi connectivity index (χ0v) is 18.4. The quantitative estimate of drug-likeness (QED) is 0.383. The van der Waals surface area contributed by atoms with Gasteiger partial charge in [-0.3, -0.25) is 9.59 Å². The zero-order valence-electron chi connectivity index (χ0n) is 18.4. The number of benzene rings is 4. The van der Waals surface area contributed by atoms with E-state index in [1.807, 2.05) is 12.1 Å². The lowest BCUT2D eigenvalue weighted by Gasteiger charge is -2.10. The topological polar surface area (TPSA) is 115 Å². The van der Waals surface area contributed by atoms with E-state index in [1.54, 1.807) is 97.1 Å². The second kappa shape index (κ2) is 10.5. The number of rotatable bonds is 6. The van der Waals surface area contributed by atoms with E-state index in [0.717, 1.165) is 0 Å². The predicted octanol–water partition coefficient (Wildman–Crippen LogP) is 5.73. The van der Waals surface area contributed by atoms with Crippen molar-refractivity contribution in [3.8, 4) is 23.6 Å². The van der Waals surface area contributed by atoms with Crippen molar-refractivity contribution in [1.82, 2.24) is 0 Å². The molecule has 0 atom stereocenters. The molecular weight excluding hydrogens is 440 g/mol. The molecule has 35 heavy (non-hydrogen) atoms. The highest BCUT2D eigenvalue weighted by Crippen LogP contribution is 2.25. The number of hydrogen-bond acceptors (Lipinski definition) is 5. The molecule has 2 amide bonds. The van der Waals surface area contributed by atoms with Gasteiger partial charge >= 0.3 is 0 Å². The van der Waals surface area contributed by atoms with E-state index in [2.05, 4.69) is 10.6 Å². The number of anilines is 2. The Bertz CT molecular complexity index is 1350. The normalized spacial score (nSPS) is 9.89. The molecule has 0 radical (unpaired) electrons. The summed E-state index contributed by atoms with van der Waals surface area (Å²) < 4.78 is 5.83. The molecule has 2 N–H and O–H groups in total. The smallest absolute Gasteiger partial charge is 0.257 e. The number of hydrogen-bond donors (Lipinski definition) is 2. The second-order valence-corrected chi connectivity index (χ2v) is 7.37. The minimum atomic E-state index is -0.370. The molecular formula is C28H18N4O3. The number of nitrogens with one attached hydrogen (secondary N) is 2. The van der Waals surface area contributed by atoms with Crippen molar-refractivity contribution in [3.05, 3.63) is 119 Å². The van der Waals surface area contributed by atoms with Gasteiger partial charge in [0.25, 0.3) is 11.8 Å². The van der Waals surface area contributed by atoms with Gasteiger partial charge in [0.15, 0.2) is 0 Å². The summed E-state index contributed by atoms with van der Waals surface area (Å²) in [4.78, 5) is 24.9. The van der Waals surface area contributed by atoms with Crippen molar-refractivity contribution < 1.29 is 14.3 Å². The van der Waals surface area contributed by atoms with Crippen LogP contribution in [0.2, 0.25) is 0 Å². The average Bonchev–Trinajstić information content (AvgIpc) is 2.90. The lowest BCUT2D eigenvalue weighted by Crippen LogP contribution is -2.13. The summed E-state index contributed by atoms with van der Waals surface area (Å²) in [6.07, 6.45) is 0. The number of nitriles is 2. The van der Waals surface area contributed by atoms with E-state index < -0.39 is 0 Å². The van der Waals surface area contributed by atoms with Crippen molar-refractivity contribution in [3.63, 3.8) is 0 Å². The largest absolute Gasteiger partial charge is 0.457 e. The van der Waals surface area contributed by atoms with Crippen molar-refractivity contribution in [1.29, 1.82) is 10.5 Å². The Morgan fingerprint density at radius 1 is 0.571 bits per heavy atom. The molecule has 0 aromatic heterocycles. The Hall–Kier alpha value is -5.40. The van der Waals surface area contributed by atoms with Crippen molar-refractivity contribution in [2.24, 2.45) is 0 Å². The van der Waals surface area contributed by atoms with Crippen LogP contribution in [-0.4, -0.2) is 11.8 Å². The van der Waals surface area contributed by atoms with Gasteiger partial charge in [-0.15, -0.1) is 0 Å². The molecule has 0 unspecified atom stereocenters. The molecule has 0 saturated carbocycles. The second-order valence-electron chi connectivity index (χ2n) is 7.37. The van der Waals surface area contributed by atoms with Crippen LogP contribution in [-0.2, 0) is 0 Å². The highest BCUT2D eigenvalue weighted by atomic mass is 16.5. The van der Waals surface area contributed by atoms with Crippen molar-refractivity contribution in [2.45, 2.75) is 0 Å². The van der Waals surface area contributed by atoms with Crippen molar-refractivity contribution in [2.75, 3.05) is 10.6 Å². The average molecular weight is 458 g/mol. The Kier molecular flexibility index (Phi) is 6.82. The lowest BCUT2D eigenvalue weighted by atomic mass is 10.1. The van der Waals surface area contributed by atoms with Crippen LogP contribution in [0.4, 0.5) is 11.4 Å². The SMILES string of the molecule is N#Cc1ccccc1C(=O)Nc1ccc(Oc2ccc(NC(=O)c3ccccc3C#N)cc2)cc1. The Labute approximate surface area is 201 Å². The minimum absolute atomic E-state index is 0.304. The van der Waals surface area contributed by atoms with E-state index in [4.69, 9.17) is 15.3 Å². The summed E-state index contributed by atoms with van der Waals surface area (Å²) in [5.74, 6) is 0.372. The third kappa shape index (κ3) is 5.51. The van der Waals surface area contributed by atoms with Gasteiger partial charge in [-0.25, -0.2) is 0 Å². The van der Waals surface area contributed by atoms with E-state index in [0.29, 0.717) is 45.1 Å². The zero-order chi connectivity index (χ0) is 24.6. The maximum atomic E-state index is 12.5. The minimum Gasteiger partial charge on any atom is -0.457 e. The van der Waals surface area contributed by atoms with Gasteiger partial charge in [-0.2, -0.15) is 10.5 Å². The lowest BCUT2D eigenvalue weighted by molar-refractivity contribution is 0.101. The maximum Gasteiger partial charge on any atom is 0.257 e. The molecule has 4 aromatic rings. The van der Waals surface area contributed by atoms with Crippen LogP contribution in [0, 0.1) is 22.7 Å². The molecule has 168 valence electrons. The maximum absolute atomic E-state index is 12.5. The first-order valence-corrected chi connectivity index (χ1v) is 10.6. The summed E-state index contributed by atoms with van der Waals surface area (Å²) in [5, 5.41) is 23.9. The molecule has 0 spiro atoms. The van der Waals surface area contributed by atoms with E-state index in [9.17, 15) is 9.59 Å². The molecule has 4 aromatic carbocycles. The van der Waals surface area contributed by atoms with E-state index in [-0.39, 0.29) is 11.8 Å². The number of carbonyl (C=O) groups is 2. The molecule has 7 nitrogen and oxygen atoms in total. The van der Waals surface area contributed by atoms with Gasteiger partial charge in [-0.1, -0.05) is 24.3 Å². The van der Waals surface area contributed by atoms with Crippen LogP contribution in [0.25, 0.3) is 0 Å². The highest BCUT2D eigenvalue weighted by Gasteiger charge is 2.12. The molecule has 0 aliphatic carbocycles. The molecule has 0 aliphatic rings. The fraction of sp³-hybridized carbons (Fsp3) is 0. The van der Waals surface area contributed by atoms with E-state index >= 15 is 0 Å². The van der Waals surface area contributed by atoms with Gasteiger partial charge in [0.05, 0.1) is 34.4 Å². The fourth-order valence-electron chi connectivity index (χ4n) is 3.30. The van der Waals surface area contributed by atoms with E-state index in [1.165, 1.54) is 0 Å². The van der Waals surface area contributed by atoms with Gasteiger partial charge in [-0.05, 0) is 72.8 Å². The Morgan fingerprint density at radius 3 is 1.31 bits per heavy atom. The van der Waals surface area contributed by atoms with Gasteiger partial charge in [0.1, 0.15) is 11.5 Å². The third-order valence-electron chi connectivity index (χ3n) is 5.04. The van der Waals surface area contributed by atoms with Gasteiger partial charge in [0, 0.05) is 11.4 Å². The molecule has 0 saturated heterocycles. The first-order valence-electron chi connectivity index (χ1n) is 10.6. The van der Waals surface area contributed by atoms with Crippen LogP contribution in [0.15, 0.2) is 97.1 Å².